The number of aromatic nitrogens is 2. The summed E-state index contributed by atoms with van der Waals surface area (Å²) in [6, 6.07) is 8.29. The summed E-state index contributed by atoms with van der Waals surface area (Å²) in [4.78, 5) is 0. The van der Waals surface area contributed by atoms with E-state index in [1.165, 1.54) is 11.1 Å². The number of aryl methyl sites for hydroxylation is 2. The van der Waals surface area contributed by atoms with Crippen molar-refractivity contribution in [3.05, 3.63) is 41.6 Å². The summed E-state index contributed by atoms with van der Waals surface area (Å²) < 4.78 is 1.87. The maximum absolute atomic E-state index is 4.38. The Morgan fingerprint density at radius 1 is 1.13 bits per heavy atom. The van der Waals surface area contributed by atoms with Crippen LogP contribution >= 0.6 is 0 Å². The van der Waals surface area contributed by atoms with E-state index in [2.05, 4.69) is 42.5 Å². The Morgan fingerprint density at radius 2 is 1.93 bits per heavy atom. The Labute approximate surface area is 89.7 Å². The highest BCUT2D eigenvalue weighted by Crippen LogP contribution is 2.14. The van der Waals surface area contributed by atoms with E-state index < -0.39 is 0 Å². The van der Waals surface area contributed by atoms with Gasteiger partial charge in [0.05, 0.1) is 5.69 Å². The van der Waals surface area contributed by atoms with Crippen molar-refractivity contribution in [3.8, 4) is 5.69 Å². The third kappa shape index (κ3) is 1.86. The van der Waals surface area contributed by atoms with E-state index in [0.29, 0.717) is 0 Å². The molecular weight excluding hydrogens is 186 g/mol. The Morgan fingerprint density at radius 3 is 2.53 bits per heavy atom. The molecule has 0 aliphatic carbocycles. The molecule has 0 aliphatic heterocycles. The smallest absolute Gasteiger partial charge is 0.148 e. The standard InChI is InChI=1S/C12H15N3/c1-9-4-5-11(8-10(9)2)15-7-6-12(13-3)14-15/h4-8H,1-3H3,(H,13,14). The molecule has 0 saturated carbocycles. The molecular formula is C12H15N3. The van der Waals surface area contributed by atoms with Crippen molar-refractivity contribution in [2.75, 3.05) is 12.4 Å². The lowest BCUT2D eigenvalue weighted by molar-refractivity contribution is 0.881. The van der Waals surface area contributed by atoms with Crippen molar-refractivity contribution >= 4 is 5.82 Å². The molecule has 0 amide bonds. The highest BCUT2D eigenvalue weighted by Gasteiger charge is 2.00. The molecule has 0 fully saturated rings. The van der Waals surface area contributed by atoms with E-state index in [0.717, 1.165) is 11.5 Å². The minimum Gasteiger partial charge on any atom is -0.372 e. The van der Waals surface area contributed by atoms with E-state index in [4.69, 9.17) is 0 Å². The first-order chi connectivity index (χ1) is 7.20. The van der Waals surface area contributed by atoms with E-state index in [1.54, 1.807) is 0 Å². The normalized spacial score (nSPS) is 10.3. The van der Waals surface area contributed by atoms with Crippen molar-refractivity contribution in [2.24, 2.45) is 0 Å². The van der Waals surface area contributed by atoms with Crippen LogP contribution in [-0.2, 0) is 0 Å². The van der Waals surface area contributed by atoms with Crippen LogP contribution in [0.5, 0.6) is 0 Å². The number of nitrogens with zero attached hydrogens (tertiary/aromatic N) is 2. The van der Waals surface area contributed by atoms with Crippen LogP contribution in [0.15, 0.2) is 30.5 Å². The summed E-state index contributed by atoms with van der Waals surface area (Å²) in [5.74, 6) is 0.883. The molecule has 2 rings (SSSR count). The van der Waals surface area contributed by atoms with Gasteiger partial charge in [-0.3, -0.25) is 0 Å². The van der Waals surface area contributed by atoms with Crippen LogP contribution in [0.4, 0.5) is 5.82 Å². The first kappa shape index (κ1) is 9.77. The summed E-state index contributed by atoms with van der Waals surface area (Å²) in [6.45, 7) is 4.22. The van der Waals surface area contributed by atoms with Crippen molar-refractivity contribution in [3.63, 3.8) is 0 Å². The number of nitrogens with one attached hydrogen (secondary N) is 1. The molecule has 78 valence electrons. The van der Waals surface area contributed by atoms with Crippen molar-refractivity contribution in [1.29, 1.82) is 0 Å². The fourth-order valence-corrected chi connectivity index (χ4v) is 1.47. The molecule has 1 aromatic carbocycles. The molecule has 1 N–H and O–H groups in total. The van der Waals surface area contributed by atoms with Crippen LogP contribution in [0.3, 0.4) is 0 Å². The highest BCUT2D eigenvalue weighted by molar-refractivity contribution is 5.41. The average Bonchev–Trinajstić information content (AvgIpc) is 2.70. The predicted octanol–water partition coefficient (Wildman–Crippen LogP) is 2.53. The quantitative estimate of drug-likeness (QED) is 0.809. The molecule has 0 saturated heterocycles. The maximum Gasteiger partial charge on any atom is 0.148 e. The van der Waals surface area contributed by atoms with Gasteiger partial charge in [0, 0.05) is 19.3 Å². The third-order valence-electron chi connectivity index (χ3n) is 2.60. The first-order valence-corrected chi connectivity index (χ1v) is 5.02. The van der Waals surface area contributed by atoms with Gasteiger partial charge in [-0.25, -0.2) is 4.68 Å². The Hall–Kier alpha value is -1.77. The van der Waals surface area contributed by atoms with E-state index in [9.17, 15) is 0 Å². The molecule has 15 heavy (non-hydrogen) atoms. The lowest BCUT2D eigenvalue weighted by Gasteiger charge is -2.04. The number of anilines is 1. The van der Waals surface area contributed by atoms with Gasteiger partial charge in [-0.15, -0.1) is 0 Å². The zero-order valence-electron chi connectivity index (χ0n) is 9.28. The second-order valence-corrected chi connectivity index (χ2v) is 3.66. The van der Waals surface area contributed by atoms with Crippen LogP contribution in [0.25, 0.3) is 5.69 Å². The number of benzene rings is 1. The molecule has 2 aromatic rings. The molecule has 0 unspecified atom stereocenters. The van der Waals surface area contributed by atoms with Gasteiger partial charge in [0.2, 0.25) is 0 Å². The van der Waals surface area contributed by atoms with Crippen LogP contribution in [0.2, 0.25) is 0 Å². The largest absolute Gasteiger partial charge is 0.372 e. The molecule has 0 atom stereocenters. The summed E-state index contributed by atoms with van der Waals surface area (Å²) in [5, 5.41) is 7.39. The fourth-order valence-electron chi connectivity index (χ4n) is 1.47. The van der Waals surface area contributed by atoms with Crippen molar-refractivity contribution in [1.82, 2.24) is 9.78 Å². The molecule has 1 aromatic heterocycles. The van der Waals surface area contributed by atoms with E-state index >= 15 is 0 Å². The highest BCUT2D eigenvalue weighted by atomic mass is 15.3. The predicted molar refractivity (Wildman–Crippen MR) is 62.6 cm³/mol. The molecule has 0 radical (unpaired) electrons. The van der Waals surface area contributed by atoms with Gasteiger partial charge >= 0.3 is 0 Å². The monoisotopic (exact) mass is 201 g/mol. The minimum absolute atomic E-state index is 0.883. The van der Waals surface area contributed by atoms with Crippen LogP contribution in [-0.4, -0.2) is 16.8 Å². The second kappa shape index (κ2) is 3.77. The SMILES string of the molecule is CNc1ccn(-c2ccc(C)c(C)c2)n1. The summed E-state index contributed by atoms with van der Waals surface area (Å²) in [6.07, 6.45) is 1.95. The van der Waals surface area contributed by atoms with Crippen LogP contribution < -0.4 is 5.32 Å². The van der Waals surface area contributed by atoms with Gasteiger partial charge in [-0.05, 0) is 37.1 Å². The molecule has 1 heterocycles. The molecule has 3 nitrogen and oxygen atoms in total. The Kier molecular flexibility index (Phi) is 2.46. The minimum atomic E-state index is 0.883. The Bertz CT molecular complexity index is 471. The van der Waals surface area contributed by atoms with Gasteiger partial charge < -0.3 is 5.32 Å². The maximum atomic E-state index is 4.38. The third-order valence-corrected chi connectivity index (χ3v) is 2.60. The lowest BCUT2D eigenvalue weighted by atomic mass is 10.1. The van der Waals surface area contributed by atoms with Crippen LogP contribution in [0.1, 0.15) is 11.1 Å². The number of hydrogen-bond acceptors (Lipinski definition) is 2. The van der Waals surface area contributed by atoms with Crippen molar-refractivity contribution < 1.29 is 0 Å². The van der Waals surface area contributed by atoms with Gasteiger partial charge in [-0.1, -0.05) is 6.07 Å². The first-order valence-electron chi connectivity index (χ1n) is 5.02. The topological polar surface area (TPSA) is 29.9 Å². The van der Waals surface area contributed by atoms with E-state index in [-0.39, 0.29) is 0 Å². The summed E-state index contributed by atoms with van der Waals surface area (Å²) >= 11 is 0. The van der Waals surface area contributed by atoms with Gasteiger partial charge in [0.25, 0.3) is 0 Å². The lowest BCUT2D eigenvalue weighted by Crippen LogP contribution is -1.97. The average molecular weight is 201 g/mol. The van der Waals surface area contributed by atoms with Crippen LogP contribution in [0, 0.1) is 13.8 Å². The van der Waals surface area contributed by atoms with E-state index in [1.807, 2.05) is 24.0 Å². The summed E-state index contributed by atoms with van der Waals surface area (Å²) in [7, 11) is 1.87. The zero-order valence-corrected chi connectivity index (χ0v) is 9.28. The summed E-state index contributed by atoms with van der Waals surface area (Å²) in [5.41, 5.74) is 3.69. The molecule has 0 aliphatic rings. The fraction of sp³-hybridized carbons (Fsp3) is 0.250. The number of hydrogen-bond donors (Lipinski definition) is 1. The Balaban J connectivity index is 2.40. The molecule has 0 bridgehead atoms. The number of rotatable bonds is 2. The molecule has 3 heteroatoms. The van der Waals surface area contributed by atoms with Gasteiger partial charge in [0.1, 0.15) is 5.82 Å². The second-order valence-electron chi connectivity index (χ2n) is 3.66. The van der Waals surface area contributed by atoms with Gasteiger partial charge in [0.15, 0.2) is 0 Å². The van der Waals surface area contributed by atoms with Gasteiger partial charge in [-0.2, -0.15) is 5.10 Å². The zero-order chi connectivity index (χ0) is 10.8. The van der Waals surface area contributed by atoms with Crippen molar-refractivity contribution in [2.45, 2.75) is 13.8 Å². The molecule has 0 spiro atoms.